The second-order valence-corrected chi connectivity index (χ2v) is 9.07. The van der Waals surface area contributed by atoms with E-state index in [9.17, 15) is 14.4 Å². The smallest absolute Gasteiger partial charge is 0.336 e. The largest absolute Gasteiger partial charge is 0.459 e. The molecule has 0 N–H and O–H groups in total. The first-order chi connectivity index (χ1) is 17.1. The molecule has 1 amide bonds. The summed E-state index contributed by atoms with van der Waals surface area (Å²) in [6.45, 7) is 0.195. The zero-order chi connectivity index (χ0) is 23.9. The van der Waals surface area contributed by atoms with E-state index in [1.807, 2.05) is 36.4 Å². The van der Waals surface area contributed by atoms with E-state index in [2.05, 4.69) is 0 Å². The van der Waals surface area contributed by atoms with Crippen molar-refractivity contribution in [1.82, 2.24) is 4.90 Å². The summed E-state index contributed by atoms with van der Waals surface area (Å²) in [5.41, 5.74) is 5.03. The summed E-state index contributed by atoms with van der Waals surface area (Å²) in [5.74, 6) is -0.725. The minimum absolute atomic E-state index is 0.0827. The fourth-order valence-electron chi connectivity index (χ4n) is 5.15. The van der Waals surface area contributed by atoms with Gasteiger partial charge >= 0.3 is 11.6 Å². The van der Waals surface area contributed by atoms with Crippen LogP contribution in [0.2, 0.25) is 0 Å². The van der Waals surface area contributed by atoms with Crippen LogP contribution in [0.15, 0.2) is 74.5 Å². The number of rotatable bonds is 4. The number of benzene rings is 2. The van der Waals surface area contributed by atoms with Crippen LogP contribution in [0.5, 0.6) is 0 Å². The maximum absolute atomic E-state index is 13.3. The van der Waals surface area contributed by atoms with Gasteiger partial charge in [-0.3, -0.25) is 4.79 Å². The molecule has 2 aromatic heterocycles. The zero-order valence-corrected chi connectivity index (χ0v) is 19.0. The molecule has 0 spiro atoms. The third-order valence-corrected chi connectivity index (χ3v) is 6.93. The van der Waals surface area contributed by atoms with Gasteiger partial charge in [-0.25, -0.2) is 9.59 Å². The number of furan rings is 1. The van der Waals surface area contributed by atoms with Crippen LogP contribution in [-0.2, 0) is 41.9 Å². The van der Waals surface area contributed by atoms with Gasteiger partial charge in [-0.1, -0.05) is 24.3 Å². The van der Waals surface area contributed by atoms with Crippen LogP contribution in [0.1, 0.15) is 44.8 Å². The first-order valence-electron chi connectivity index (χ1n) is 11.7. The molecule has 0 radical (unpaired) electrons. The lowest BCUT2D eigenvalue weighted by atomic mass is 9.93. The third-order valence-electron chi connectivity index (χ3n) is 6.93. The SMILES string of the molecule is O=C(OCc1cc(=O)oc2cc3c(cc12)CCC3)[C@@H]1Cc2ccccc2CN1C(=O)c1ccco1. The van der Waals surface area contributed by atoms with Gasteiger partial charge in [-0.15, -0.1) is 0 Å². The summed E-state index contributed by atoms with van der Waals surface area (Å²) in [4.78, 5) is 40.2. The highest BCUT2D eigenvalue weighted by Crippen LogP contribution is 2.30. The molecule has 4 aromatic rings. The second-order valence-electron chi connectivity index (χ2n) is 9.07. The Hall–Kier alpha value is -4.13. The molecule has 1 aliphatic carbocycles. The number of hydrogen-bond acceptors (Lipinski definition) is 6. The fourth-order valence-corrected chi connectivity index (χ4v) is 5.15. The molecule has 1 aliphatic heterocycles. The highest BCUT2D eigenvalue weighted by atomic mass is 16.5. The molecule has 1 atom stereocenters. The Morgan fingerprint density at radius 1 is 0.971 bits per heavy atom. The Labute approximate surface area is 200 Å². The van der Waals surface area contributed by atoms with E-state index >= 15 is 0 Å². The lowest BCUT2D eigenvalue weighted by Gasteiger charge is -2.34. The number of carbonyl (C=O) groups excluding carboxylic acids is 2. The van der Waals surface area contributed by atoms with Crippen LogP contribution >= 0.6 is 0 Å². The summed E-state index contributed by atoms with van der Waals surface area (Å²) in [7, 11) is 0. The lowest BCUT2D eigenvalue weighted by molar-refractivity contribution is -0.151. The molecule has 0 saturated carbocycles. The van der Waals surface area contributed by atoms with Crippen LogP contribution < -0.4 is 5.63 Å². The Kier molecular flexibility index (Phi) is 5.25. The molecule has 2 aromatic carbocycles. The summed E-state index contributed by atoms with van der Waals surface area (Å²) < 4.78 is 16.4. The predicted octanol–water partition coefficient (Wildman–Crippen LogP) is 4.19. The van der Waals surface area contributed by atoms with Crippen molar-refractivity contribution in [2.75, 3.05) is 0 Å². The highest BCUT2D eigenvalue weighted by Gasteiger charge is 2.37. The molecule has 6 rings (SSSR count). The third kappa shape index (κ3) is 3.93. The number of hydrogen-bond donors (Lipinski definition) is 0. The average Bonchev–Trinajstić information content (AvgIpc) is 3.56. The van der Waals surface area contributed by atoms with E-state index in [-0.39, 0.29) is 24.8 Å². The summed E-state index contributed by atoms with van der Waals surface area (Å²) in [5, 5.41) is 0.774. The Balaban J connectivity index is 1.29. The van der Waals surface area contributed by atoms with Gasteiger partial charge in [-0.2, -0.15) is 0 Å². The molecular formula is C28H23NO6. The van der Waals surface area contributed by atoms with Gasteiger partial charge in [0.05, 0.1) is 6.26 Å². The normalized spacial score (nSPS) is 16.7. The van der Waals surface area contributed by atoms with Crippen molar-refractivity contribution in [3.8, 4) is 0 Å². The average molecular weight is 469 g/mol. The maximum atomic E-state index is 13.3. The minimum atomic E-state index is -0.807. The van der Waals surface area contributed by atoms with Crippen LogP contribution in [0, 0.1) is 0 Å². The van der Waals surface area contributed by atoms with Crippen LogP contribution in [0.25, 0.3) is 11.0 Å². The maximum Gasteiger partial charge on any atom is 0.336 e. The van der Waals surface area contributed by atoms with E-state index in [1.165, 1.54) is 28.4 Å². The minimum Gasteiger partial charge on any atom is -0.459 e. The molecule has 0 fully saturated rings. The van der Waals surface area contributed by atoms with Gasteiger partial charge in [0, 0.05) is 30.0 Å². The molecule has 0 saturated heterocycles. The van der Waals surface area contributed by atoms with Crippen molar-refractivity contribution >= 4 is 22.8 Å². The number of carbonyl (C=O) groups is 2. The molecular weight excluding hydrogens is 446 g/mol. The van der Waals surface area contributed by atoms with Crippen molar-refractivity contribution in [3.05, 3.63) is 105 Å². The fraction of sp³-hybridized carbons (Fsp3) is 0.250. The van der Waals surface area contributed by atoms with Crippen LogP contribution in [0.4, 0.5) is 0 Å². The topological polar surface area (TPSA) is 90.0 Å². The monoisotopic (exact) mass is 469 g/mol. The van der Waals surface area contributed by atoms with Crippen molar-refractivity contribution in [2.24, 2.45) is 0 Å². The number of aryl methyl sites for hydroxylation is 2. The van der Waals surface area contributed by atoms with Gasteiger partial charge in [0.1, 0.15) is 18.2 Å². The second kappa shape index (κ2) is 8.58. The number of ether oxygens (including phenoxy) is 1. The van der Waals surface area contributed by atoms with Gasteiger partial charge < -0.3 is 18.5 Å². The molecule has 2 aliphatic rings. The first-order valence-corrected chi connectivity index (χ1v) is 11.7. The molecule has 0 unspecified atom stereocenters. The Bertz CT molecular complexity index is 1500. The zero-order valence-electron chi connectivity index (χ0n) is 19.0. The van der Waals surface area contributed by atoms with E-state index in [0.29, 0.717) is 17.6 Å². The van der Waals surface area contributed by atoms with Crippen molar-refractivity contribution in [3.63, 3.8) is 0 Å². The van der Waals surface area contributed by atoms with E-state index in [0.717, 1.165) is 35.8 Å². The van der Waals surface area contributed by atoms with E-state index in [4.69, 9.17) is 13.6 Å². The number of nitrogens with zero attached hydrogens (tertiary/aromatic N) is 1. The van der Waals surface area contributed by atoms with Gasteiger partial charge in [-0.05, 0) is 65.8 Å². The lowest BCUT2D eigenvalue weighted by Crippen LogP contribution is -2.49. The number of amides is 1. The predicted molar refractivity (Wildman–Crippen MR) is 127 cm³/mol. The molecule has 7 heteroatoms. The van der Waals surface area contributed by atoms with Crippen LogP contribution in [-0.4, -0.2) is 22.8 Å². The van der Waals surface area contributed by atoms with Crippen molar-refractivity contribution < 1.29 is 23.2 Å². The molecule has 3 heterocycles. The van der Waals surface area contributed by atoms with Gasteiger partial charge in [0.15, 0.2) is 5.76 Å². The molecule has 35 heavy (non-hydrogen) atoms. The van der Waals surface area contributed by atoms with Crippen molar-refractivity contribution in [2.45, 2.75) is 44.9 Å². The van der Waals surface area contributed by atoms with E-state index < -0.39 is 17.6 Å². The van der Waals surface area contributed by atoms with Crippen LogP contribution in [0.3, 0.4) is 0 Å². The standard InChI is InChI=1S/C28H23NO6/c30-26-14-21(22-11-17-7-3-8-19(17)13-25(22)35-26)16-34-28(32)23-12-18-5-1-2-6-20(18)15-29(23)27(31)24-9-4-10-33-24/h1-2,4-6,9-11,13-14,23H,3,7-8,12,15-16H2/t23-/m0/s1. The Morgan fingerprint density at radius 2 is 1.77 bits per heavy atom. The van der Waals surface area contributed by atoms with Gasteiger partial charge in [0.2, 0.25) is 0 Å². The summed E-state index contributed by atoms with van der Waals surface area (Å²) in [6.07, 6.45) is 4.79. The molecule has 0 bridgehead atoms. The Morgan fingerprint density at radius 3 is 2.57 bits per heavy atom. The highest BCUT2D eigenvalue weighted by molar-refractivity contribution is 5.95. The summed E-state index contributed by atoms with van der Waals surface area (Å²) in [6, 6.07) is 15.5. The molecule has 176 valence electrons. The number of esters is 1. The first kappa shape index (κ1) is 21.4. The van der Waals surface area contributed by atoms with Crippen molar-refractivity contribution in [1.29, 1.82) is 0 Å². The summed E-state index contributed by atoms with van der Waals surface area (Å²) >= 11 is 0. The molecule has 7 nitrogen and oxygen atoms in total. The number of fused-ring (bicyclic) bond motifs is 3. The van der Waals surface area contributed by atoms with Gasteiger partial charge in [0.25, 0.3) is 5.91 Å². The van der Waals surface area contributed by atoms with E-state index in [1.54, 1.807) is 12.1 Å². The quantitative estimate of drug-likeness (QED) is 0.329.